The molecular weight excluding hydrogens is 534 g/mol. The zero-order chi connectivity index (χ0) is 22.8. The number of unbranched alkanes of at least 4 members (excludes halogenated alkanes) is 1. The maximum atomic E-state index is 14.5. The predicted molar refractivity (Wildman–Crippen MR) is 140 cm³/mol. The molecule has 0 unspecified atom stereocenters. The molecule has 0 bridgehead atoms. The average molecular weight is 566 g/mol. The van der Waals surface area contributed by atoms with Crippen molar-refractivity contribution in [1.82, 2.24) is 25.4 Å². The van der Waals surface area contributed by atoms with Gasteiger partial charge >= 0.3 is 0 Å². The summed E-state index contributed by atoms with van der Waals surface area (Å²) in [4.78, 5) is 4.63. The van der Waals surface area contributed by atoms with Crippen LogP contribution in [0.15, 0.2) is 53.5 Å². The number of rotatable bonds is 10. The van der Waals surface area contributed by atoms with Crippen molar-refractivity contribution in [2.75, 3.05) is 13.1 Å². The molecular formula is C24H32FIN6O. The molecule has 0 aliphatic carbocycles. The van der Waals surface area contributed by atoms with Crippen molar-refractivity contribution in [1.29, 1.82) is 0 Å². The van der Waals surface area contributed by atoms with E-state index in [1.807, 2.05) is 42.8 Å². The summed E-state index contributed by atoms with van der Waals surface area (Å²) in [5, 5.41) is 14.9. The number of aliphatic imine (C=N–C) groups is 1. The average Bonchev–Trinajstić information content (AvgIpc) is 3.12. The van der Waals surface area contributed by atoms with Gasteiger partial charge in [-0.1, -0.05) is 37.6 Å². The minimum absolute atomic E-state index is 0. The van der Waals surface area contributed by atoms with Crippen LogP contribution in [-0.2, 0) is 20.0 Å². The molecule has 0 atom stereocenters. The van der Waals surface area contributed by atoms with E-state index in [-0.39, 0.29) is 35.5 Å². The fourth-order valence-corrected chi connectivity index (χ4v) is 3.02. The van der Waals surface area contributed by atoms with Crippen LogP contribution in [0.5, 0.6) is 11.5 Å². The highest BCUT2D eigenvalue weighted by molar-refractivity contribution is 14.0. The SMILES string of the molecule is CCCCNC(=NCc1nnc(C)n1C)NCCc1ccc(Oc2ccccc2)c(F)c1.I. The second-order valence-corrected chi connectivity index (χ2v) is 7.52. The number of hydrogen-bond acceptors (Lipinski definition) is 4. The topological polar surface area (TPSA) is 76.4 Å². The van der Waals surface area contributed by atoms with Gasteiger partial charge in [0.1, 0.15) is 18.1 Å². The monoisotopic (exact) mass is 566 g/mol. The summed E-state index contributed by atoms with van der Waals surface area (Å²) in [5.41, 5.74) is 0.882. The molecule has 0 saturated heterocycles. The molecule has 0 amide bonds. The van der Waals surface area contributed by atoms with Gasteiger partial charge in [-0.25, -0.2) is 9.38 Å². The number of para-hydroxylation sites is 1. The summed E-state index contributed by atoms with van der Waals surface area (Å²) in [6.45, 7) is 5.94. The number of aromatic nitrogens is 3. The third-order valence-electron chi connectivity index (χ3n) is 5.06. The fraction of sp³-hybridized carbons (Fsp3) is 0.375. The largest absolute Gasteiger partial charge is 0.454 e. The minimum atomic E-state index is -0.376. The molecule has 1 heterocycles. The van der Waals surface area contributed by atoms with Crippen molar-refractivity contribution in [3.63, 3.8) is 0 Å². The number of ether oxygens (including phenoxy) is 1. The molecule has 3 aromatic rings. The molecule has 0 aliphatic heterocycles. The van der Waals surface area contributed by atoms with E-state index in [0.717, 1.165) is 36.6 Å². The molecule has 2 aromatic carbocycles. The first-order valence-electron chi connectivity index (χ1n) is 10.9. The van der Waals surface area contributed by atoms with Gasteiger partial charge in [-0.15, -0.1) is 34.2 Å². The third kappa shape index (κ3) is 8.30. The molecule has 0 saturated carbocycles. The molecule has 33 heavy (non-hydrogen) atoms. The molecule has 1 aromatic heterocycles. The van der Waals surface area contributed by atoms with E-state index in [2.05, 4.69) is 32.7 Å². The van der Waals surface area contributed by atoms with Gasteiger partial charge < -0.3 is 19.9 Å². The summed E-state index contributed by atoms with van der Waals surface area (Å²) in [5.74, 6) is 2.82. The van der Waals surface area contributed by atoms with E-state index >= 15 is 0 Å². The first-order valence-corrected chi connectivity index (χ1v) is 10.9. The fourth-order valence-electron chi connectivity index (χ4n) is 3.02. The van der Waals surface area contributed by atoms with Crippen molar-refractivity contribution in [3.05, 3.63) is 71.6 Å². The second-order valence-electron chi connectivity index (χ2n) is 7.52. The Bertz CT molecular complexity index is 1030. The van der Waals surface area contributed by atoms with Crippen LogP contribution in [-0.4, -0.2) is 33.8 Å². The molecule has 0 spiro atoms. The van der Waals surface area contributed by atoms with Crippen LogP contribution >= 0.6 is 24.0 Å². The van der Waals surface area contributed by atoms with Crippen molar-refractivity contribution < 1.29 is 9.13 Å². The number of benzene rings is 2. The van der Waals surface area contributed by atoms with Crippen molar-refractivity contribution in [2.45, 2.75) is 39.7 Å². The third-order valence-corrected chi connectivity index (χ3v) is 5.06. The van der Waals surface area contributed by atoms with Crippen molar-refractivity contribution in [3.8, 4) is 11.5 Å². The quantitative estimate of drug-likeness (QED) is 0.160. The van der Waals surface area contributed by atoms with Crippen LogP contribution in [0, 0.1) is 12.7 Å². The van der Waals surface area contributed by atoms with E-state index < -0.39 is 0 Å². The molecule has 0 radical (unpaired) electrons. The van der Waals surface area contributed by atoms with Gasteiger partial charge in [0.05, 0.1) is 0 Å². The van der Waals surface area contributed by atoms with E-state index in [0.29, 0.717) is 31.2 Å². The van der Waals surface area contributed by atoms with Crippen LogP contribution in [0.25, 0.3) is 0 Å². The Morgan fingerprint density at radius 2 is 1.85 bits per heavy atom. The molecule has 9 heteroatoms. The molecule has 2 N–H and O–H groups in total. The van der Waals surface area contributed by atoms with Gasteiger partial charge in [-0.3, -0.25) is 0 Å². The minimum Gasteiger partial charge on any atom is -0.454 e. The zero-order valence-electron chi connectivity index (χ0n) is 19.3. The zero-order valence-corrected chi connectivity index (χ0v) is 21.7. The van der Waals surface area contributed by atoms with Gasteiger partial charge in [0.15, 0.2) is 23.4 Å². The number of guanidine groups is 1. The van der Waals surface area contributed by atoms with Gasteiger partial charge in [0.2, 0.25) is 0 Å². The Hall–Kier alpha value is -2.69. The first kappa shape index (κ1) is 26.6. The van der Waals surface area contributed by atoms with E-state index in [9.17, 15) is 4.39 Å². The lowest BCUT2D eigenvalue weighted by Crippen LogP contribution is -2.39. The van der Waals surface area contributed by atoms with Crippen LogP contribution in [0.4, 0.5) is 4.39 Å². The first-order chi connectivity index (χ1) is 15.6. The Balaban J connectivity index is 0.00000385. The highest BCUT2D eigenvalue weighted by Gasteiger charge is 2.08. The standard InChI is InChI=1S/C24H31FN6O.HI/c1-4-5-14-26-24(28-17-23-30-29-18(2)31(23)3)27-15-13-19-11-12-22(21(25)16-19)32-20-9-7-6-8-10-20;/h6-12,16H,4-5,13-15,17H2,1-3H3,(H2,26,27,28);1H. The Morgan fingerprint density at radius 3 is 2.52 bits per heavy atom. The lowest BCUT2D eigenvalue weighted by molar-refractivity contribution is 0.441. The summed E-state index contributed by atoms with van der Waals surface area (Å²) < 4.78 is 22.0. The number of nitrogens with zero attached hydrogens (tertiary/aromatic N) is 4. The van der Waals surface area contributed by atoms with Crippen LogP contribution in [0.2, 0.25) is 0 Å². The molecule has 178 valence electrons. The summed E-state index contributed by atoms with van der Waals surface area (Å²) in [6, 6.07) is 14.3. The Morgan fingerprint density at radius 1 is 1.09 bits per heavy atom. The number of aryl methyl sites for hydroxylation is 1. The maximum Gasteiger partial charge on any atom is 0.191 e. The summed E-state index contributed by atoms with van der Waals surface area (Å²) in [7, 11) is 1.93. The number of nitrogens with one attached hydrogen (secondary N) is 2. The Labute approximate surface area is 211 Å². The van der Waals surface area contributed by atoms with Crippen molar-refractivity contribution >= 4 is 29.9 Å². The van der Waals surface area contributed by atoms with E-state index in [1.54, 1.807) is 18.2 Å². The molecule has 7 nitrogen and oxygen atoms in total. The maximum absolute atomic E-state index is 14.5. The van der Waals surface area contributed by atoms with E-state index in [1.165, 1.54) is 6.07 Å². The highest BCUT2D eigenvalue weighted by Crippen LogP contribution is 2.25. The molecule has 0 aliphatic rings. The predicted octanol–water partition coefficient (Wildman–Crippen LogP) is 4.75. The van der Waals surface area contributed by atoms with Crippen LogP contribution in [0.3, 0.4) is 0 Å². The van der Waals surface area contributed by atoms with E-state index in [4.69, 9.17) is 4.74 Å². The number of hydrogen-bond donors (Lipinski definition) is 2. The van der Waals surface area contributed by atoms with Crippen LogP contribution < -0.4 is 15.4 Å². The molecule has 3 rings (SSSR count). The summed E-state index contributed by atoms with van der Waals surface area (Å²) >= 11 is 0. The lowest BCUT2D eigenvalue weighted by Gasteiger charge is -2.13. The molecule has 0 fully saturated rings. The van der Waals surface area contributed by atoms with Crippen molar-refractivity contribution in [2.24, 2.45) is 12.0 Å². The van der Waals surface area contributed by atoms with Gasteiger partial charge in [-0.05, 0) is 49.6 Å². The highest BCUT2D eigenvalue weighted by atomic mass is 127. The summed E-state index contributed by atoms with van der Waals surface area (Å²) in [6.07, 6.45) is 2.80. The lowest BCUT2D eigenvalue weighted by atomic mass is 10.1. The smallest absolute Gasteiger partial charge is 0.191 e. The second kappa shape index (κ2) is 13.8. The van der Waals surface area contributed by atoms with Gasteiger partial charge in [-0.2, -0.15) is 0 Å². The normalized spacial score (nSPS) is 11.1. The van der Waals surface area contributed by atoms with Gasteiger partial charge in [0, 0.05) is 20.1 Å². The van der Waals surface area contributed by atoms with Crippen LogP contribution in [0.1, 0.15) is 37.0 Å². The van der Waals surface area contributed by atoms with Gasteiger partial charge in [0.25, 0.3) is 0 Å². The Kier molecular flexibility index (Phi) is 11.1. The number of halogens is 2.